The Kier molecular flexibility index (Phi) is 4.71. The smallest absolute Gasteiger partial charge is 0.251 e. The fourth-order valence-corrected chi connectivity index (χ4v) is 2.01. The van der Waals surface area contributed by atoms with Gasteiger partial charge in [0.2, 0.25) is 0 Å². The molecule has 0 fully saturated rings. The molecular formula is C11H15BrClNOS. The van der Waals surface area contributed by atoms with Crippen molar-refractivity contribution in [2.24, 2.45) is 0 Å². The summed E-state index contributed by atoms with van der Waals surface area (Å²) in [6, 6.07) is 5.20. The Morgan fingerprint density at radius 2 is 2.06 bits per heavy atom. The summed E-state index contributed by atoms with van der Waals surface area (Å²) in [4.78, 5) is 11.8. The number of hydrogen-bond acceptors (Lipinski definition) is 1. The zero-order valence-electron chi connectivity index (χ0n) is 9.51. The van der Waals surface area contributed by atoms with Gasteiger partial charge in [-0.3, -0.25) is 4.79 Å². The molecule has 5 heteroatoms. The van der Waals surface area contributed by atoms with Gasteiger partial charge < -0.3 is 5.32 Å². The fourth-order valence-electron chi connectivity index (χ4n) is 1.02. The van der Waals surface area contributed by atoms with Gasteiger partial charge >= 0.3 is 0 Å². The van der Waals surface area contributed by atoms with Crippen LogP contribution in [0.3, 0.4) is 0 Å². The highest BCUT2D eigenvalue weighted by molar-refractivity contribution is 9.10. The van der Waals surface area contributed by atoms with E-state index < -0.39 is 10.0 Å². The van der Waals surface area contributed by atoms with Crippen LogP contribution >= 0.6 is 37.6 Å². The van der Waals surface area contributed by atoms with E-state index in [4.69, 9.17) is 11.6 Å². The lowest BCUT2D eigenvalue weighted by Crippen LogP contribution is -2.26. The van der Waals surface area contributed by atoms with Gasteiger partial charge in [0.25, 0.3) is 5.91 Å². The molecule has 0 aromatic heterocycles. The van der Waals surface area contributed by atoms with E-state index in [0.717, 1.165) is 10.3 Å². The molecule has 0 atom stereocenters. The van der Waals surface area contributed by atoms with E-state index in [1.807, 2.05) is 0 Å². The third-order valence-corrected chi connectivity index (χ3v) is 4.09. The van der Waals surface area contributed by atoms with Gasteiger partial charge in [0, 0.05) is 15.9 Å². The predicted molar refractivity (Wildman–Crippen MR) is 76.8 cm³/mol. The normalized spacial score (nSPS) is 12.3. The Morgan fingerprint density at radius 3 is 2.56 bits per heavy atom. The molecule has 1 aromatic carbocycles. The van der Waals surface area contributed by atoms with E-state index in [-0.39, 0.29) is 5.91 Å². The molecule has 16 heavy (non-hydrogen) atoms. The largest absolute Gasteiger partial charge is 0.344 e. The first-order valence-electron chi connectivity index (χ1n) is 4.69. The quantitative estimate of drug-likeness (QED) is 0.906. The summed E-state index contributed by atoms with van der Waals surface area (Å²) in [6.07, 6.45) is 6.46. The van der Waals surface area contributed by atoms with E-state index in [0.29, 0.717) is 10.6 Å². The monoisotopic (exact) mass is 323 g/mol. The minimum atomic E-state index is -0.720. The van der Waals surface area contributed by atoms with Crippen molar-refractivity contribution in [2.75, 3.05) is 24.6 Å². The standard InChI is InChI=1S/C11H15BrClNOS/c1-16(2,3)7-14-11(15)8-4-5-9(12)10(13)6-8/h4-6H,7H2,1-3H3,(H,14,15). The van der Waals surface area contributed by atoms with Gasteiger partial charge in [-0.05, 0) is 52.9 Å². The van der Waals surface area contributed by atoms with Crippen molar-refractivity contribution in [2.45, 2.75) is 0 Å². The Morgan fingerprint density at radius 1 is 1.44 bits per heavy atom. The van der Waals surface area contributed by atoms with Crippen LogP contribution < -0.4 is 5.32 Å². The van der Waals surface area contributed by atoms with Crippen LogP contribution in [-0.2, 0) is 0 Å². The molecule has 0 radical (unpaired) electrons. The lowest BCUT2D eigenvalue weighted by molar-refractivity contribution is 0.0960. The Hall–Kier alpha value is -0.190. The van der Waals surface area contributed by atoms with E-state index in [1.54, 1.807) is 18.2 Å². The van der Waals surface area contributed by atoms with Crippen molar-refractivity contribution in [3.05, 3.63) is 33.3 Å². The van der Waals surface area contributed by atoms with Crippen molar-refractivity contribution < 1.29 is 4.79 Å². The highest BCUT2D eigenvalue weighted by Gasteiger charge is 2.10. The summed E-state index contributed by atoms with van der Waals surface area (Å²) in [5, 5.41) is 3.46. The Labute approximate surface area is 111 Å². The molecule has 0 heterocycles. The van der Waals surface area contributed by atoms with Crippen LogP contribution in [0.1, 0.15) is 10.4 Å². The minimum absolute atomic E-state index is 0.0724. The number of amides is 1. The number of carbonyl (C=O) groups excluding carboxylic acids is 1. The first kappa shape index (κ1) is 13.9. The van der Waals surface area contributed by atoms with E-state index in [1.165, 1.54) is 0 Å². The van der Waals surface area contributed by atoms with Crippen LogP contribution in [-0.4, -0.2) is 30.6 Å². The molecule has 1 amide bonds. The molecule has 0 bridgehead atoms. The maximum Gasteiger partial charge on any atom is 0.251 e. The van der Waals surface area contributed by atoms with E-state index in [2.05, 4.69) is 40.0 Å². The van der Waals surface area contributed by atoms with Crippen LogP contribution in [0.25, 0.3) is 0 Å². The molecule has 0 aliphatic rings. The lowest BCUT2D eigenvalue weighted by atomic mass is 10.2. The number of benzene rings is 1. The minimum Gasteiger partial charge on any atom is -0.344 e. The number of rotatable bonds is 3. The Bertz CT molecular complexity index is 403. The maximum atomic E-state index is 11.8. The molecule has 1 N–H and O–H groups in total. The second kappa shape index (κ2) is 5.43. The average Bonchev–Trinajstić information content (AvgIpc) is 2.17. The van der Waals surface area contributed by atoms with Gasteiger partial charge in [-0.1, -0.05) is 11.6 Å². The highest BCUT2D eigenvalue weighted by atomic mass is 79.9. The molecule has 0 unspecified atom stereocenters. The van der Waals surface area contributed by atoms with Crippen molar-refractivity contribution >= 4 is 43.5 Å². The molecule has 90 valence electrons. The van der Waals surface area contributed by atoms with Gasteiger partial charge in [0.15, 0.2) is 0 Å². The number of nitrogens with one attached hydrogen (secondary N) is 1. The van der Waals surface area contributed by atoms with Crippen LogP contribution in [0.4, 0.5) is 0 Å². The number of hydrogen-bond donors (Lipinski definition) is 1. The summed E-state index contributed by atoms with van der Waals surface area (Å²) < 4.78 is 0.798. The maximum absolute atomic E-state index is 11.8. The van der Waals surface area contributed by atoms with Gasteiger partial charge in [-0.15, -0.1) is 0 Å². The van der Waals surface area contributed by atoms with E-state index >= 15 is 0 Å². The second-order valence-electron chi connectivity index (χ2n) is 4.37. The molecule has 0 spiro atoms. The summed E-state index contributed by atoms with van der Waals surface area (Å²) in [5.41, 5.74) is 0.594. The van der Waals surface area contributed by atoms with Crippen molar-refractivity contribution in [1.29, 1.82) is 0 Å². The van der Waals surface area contributed by atoms with Crippen molar-refractivity contribution in [1.82, 2.24) is 5.32 Å². The molecule has 0 aliphatic heterocycles. The van der Waals surface area contributed by atoms with E-state index in [9.17, 15) is 4.79 Å². The number of halogens is 2. The lowest BCUT2D eigenvalue weighted by Gasteiger charge is -2.25. The zero-order valence-corrected chi connectivity index (χ0v) is 12.7. The van der Waals surface area contributed by atoms with Gasteiger partial charge in [-0.2, -0.15) is 0 Å². The van der Waals surface area contributed by atoms with Crippen LogP contribution in [0.5, 0.6) is 0 Å². The zero-order chi connectivity index (χ0) is 12.3. The van der Waals surface area contributed by atoms with Crippen LogP contribution in [0.15, 0.2) is 22.7 Å². The SMILES string of the molecule is CS(C)(C)CNC(=O)c1ccc(Br)c(Cl)c1. The topological polar surface area (TPSA) is 29.1 Å². The fraction of sp³-hybridized carbons (Fsp3) is 0.364. The molecule has 2 nitrogen and oxygen atoms in total. The molecule has 0 saturated heterocycles. The van der Waals surface area contributed by atoms with Gasteiger partial charge in [0.1, 0.15) is 0 Å². The first-order valence-corrected chi connectivity index (χ1v) is 8.88. The third kappa shape index (κ3) is 4.36. The highest BCUT2D eigenvalue weighted by Crippen LogP contribution is 2.32. The predicted octanol–water partition coefficient (Wildman–Crippen LogP) is 3.48. The van der Waals surface area contributed by atoms with Crippen LogP contribution in [0, 0.1) is 0 Å². The van der Waals surface area contributed by atoms with Crippen LogP contribution in [0.2, 0.25) is 5.02 Å². The second-order valence-corrected chi connectivity index (χ2v) is 10.1. The first-order chi connectivity index (χ1) is 7.29. The summed E-state index contributed by atoms with van der Waals surface area (Å²) in [7, 11) is -0.720. The Balaban J connectivity index is 2.70. The molecular weight excluding hydrogens is 310 g/mol. The molecule has 0 aliphatic carbocycles. The third-order valence-electron chi connectivity index (χ3n) is 1.85. The summed E-state index contributed by atoms with van der Waals surface area (Å²) >= 11 is 9.22. The van der Waals surface area contributed by atoms with Gasteiger partial charge in [-0.25, -0.2) is 10.0 Å². The average molecular weight is 325 g/mol. The van der Waals surface area contributed by atoms with Crippen molar-refractivity contribution in [3.63, 3.8) is 0 Å². The summed E-state index contributed by atoms with van der Waals surface area (Å²) in [5.74, 6) is 0.649. The molecule has 1 rings (SSSR count). The summed E-state index contributed by atoms with van der Waals surface area (Å²) in [6.45, 7) is 0. The van der Waals surface area contributed by atoms with Gasteiger partial charge in [0.05, 0.1) is 5.02 Å². The van der Waals surface area contributed by atoms with Crippen molar-refractivity contribution in [3.8, 4) is 0 Å². The molecule has 0 saturated carbocycles. The molecule has 1 aromatic rings. The number of carbonyl (C=O) groups is 1.